The summed E-state index contributed by atoms with van der Waals surface area (Å²) in [7, 11) is 0. The van der Waals surface area contributed by atoms with Crippen LogP contribution < -0.4 is 0 Å². The smallest absolute Gasteiger partial charge is 0.305 e. The molecule has 14 heavy (non-hydrogen) atoms. The minimum absolute atomic E-state index is 0.136. The van der Waals surface area contributed by atoms with Gasteiger partial charge in [-0.2, -0.15) is 0 Å². The molecule has 0 radical (unpaired) electrons. The largest absolute Gasteiger partial charge is 0.464 e. The van der Waals surface area contributed by atoms with Crippen molar-refractivity contribution in [1.29, 1.82) is 0 Å². The fourth-order valence-corrected chi connectivity index (χ4v) is 1.62. The molecule has 1 aromatic carbocycles. The second-order valence-electron chi connectivity index (χ2n) is 2.91. The Hall–Kier alpha value is -0.580. The van der Waals surface area contributed by atoms with Crippen molar-refractivity contribution in [2.75, 3.05) is 6.61 Å². The molecular weight excluding hydrogens is 291 g/mol. The average Bonchev–Trinajstić information content (AvgIpc) is 2.26. The van der Waals surface area contributed by atoms with Crippen molar-refractivity contribution in [3.8, 4) is 0 Å². The molecule has 0 saturated heterocycles. The molecule has 0 bridgehead atoms. The molecule has 1 atom stereocenters. The van der Waals surface area contributed by atoms with Crippen molar-refractivity contribution in [2.45, 2.75) is 17.3 Å². The van der Waals surface area contributed by atoms with E-state index in [1.54, 1.807) is 6.92 Å². The Labute approximate surface area is 97.8 Å². The minimum Gasteiger partial charge on any atom is -0.464 e. The predicted molar refractivity (Wildman–Crippen MR) is 64.5 cm³/mol. The number of hydrogen-bond acceptors (Lipinski definition) is 2. The van der Waals surface area contributed by atoms with Gasteiger partial charge in [-0.05, 0) is 5.56 Å². The Kier molecular flexibility index (Phi) is 4.93. The van der Waals surface area contributed by atoms with Gasteiger partial charge in [0.15, 0.2) is 0 Å². The Morgan fingerprint density at radius 2 is 2.07 bits per heavy atom. The fourth-order valence-electron chi connectivity index (χ4n) is 1.03. The molecule has 3 heteroatoms. The summed E-state index contributed by atoms with van der Waals surface area (Å²) < 4.78 is 5.30. The van der Waals surface area contributed by atoms with Crippen molar-refractivity contribution in [3.05, 3.63) is 35.9 Å². The van der Waals surface area contributed by atoms with E-state index >= 15 is 0 Å². The van der Waals surface area contributed by atoms with Gasteiger partial charge in [0.05, 0.1) is 3.92 Å². The zero-order valence-electron chi connectivity index (χ0n) is 8.07. The number of benzene rings is 1. The van der Waals surface area contributed by atoms with E-state index in [2.05, 4.69) is 22.6 Å². The van der Waals surface area contributed by atoms with Crippen LogP contribution in [0.5, 0.6) is 0 Å². The summed E-state index contributed by atoms with van der Waals surface area (Å²) in [4.78, 5) is 10.9. The second-order valence-corrected chi connectivity index (χ2v) is 4.42. The molecule has 0 aromatic heterocycles. The van der Waals surface area contributed by atoms with E-state index in [4.69, 9.17) is 4.74 Å². The van der Waals surface area contributed by atoms with E-state index in [1.807, 2.05) is 30.3 Å². The van der Waals surface area contributed by atoms with Crippen molar-refractivity contribution >= 4 is 28.6 Å². The van der Waals surface area contributed by atoms with Crippen LogP contribution in [0.2, 0.25) is 0 Å². The highest BCUT2D eigenvalue weighted by molar-refractivity contribution is 14.1. The van der Waals surface area contributed by atoms with Gasteiger partial charge in [0.2, 0.25) is 0 Å². The first-order valence-corrected chi connectivity index (χ1v) is 5.83. The molecule has 0 spiro atoms. The molecule has 2 nitrogen and oxygen atoms in total. The molecule has 0 saturated carbocycles. The predicted octanol–water partition coefficient (Wildman–Crippen LogP) is 3.12. The van der Waals surface area contributed by atoms with Crippen LogP contribution in [0.25, 0.3) is 0 Å². The molecule has 1 unspecified atom stereocenters. The highest BCUT2D eigenvalue weighted by Gasteiger charge is 2.08. The molecule has 76 valence electrons. The van der Waals surface area contributed by atoms with E-state index in [0.717, 1.165) is 0 Å². The van der Waals surface area contributed by atoms with Gasteiger partial charge in [-0.15, -0.1) is 0 Å². The van der Waals surface area contributed by atoms with Crippen molar-refractivity contribution in [1.82, 2.24) is 0 Å². The van der Waals surface area contributed by atoms with Gasteiger partial charge in [-0.1, -0.05) is 59.8 Å². The van der Waals surface area contributed by atoms with E-state index in [0.29, 0.717) is 13.0 Å². The van der Waals surface area contributed by atoms with Crippen LogP contribution in [0.1, 0.15) is 22.8 Å². The third kappa shape index (κ3) is 3.65. The molecule has 0 amide bonds. The molecule has 0 N–H and O–H groups in total. The molecule has 1 aromatic rings. The summed E-state index contributed by atoms with van der Waals surface area (Å²) in [5, 5.41) is 0. The molecule has 1 rings (SSSR count). The number of esters is 1. The second kappa shape index (κ2) is 6.01. The van der Waals surface area contributed by atoms with Crippen LogP contribution in [0, 0.1) is 0 Å². The lowest BCUT2D eigenvalue weighted by molar-refractivity contribution is -0.143. The number of carbonyl (C=O) groups is 1. The summed E-state index contributed by atoms with van der Waals surface area (Å²) in [6, 6.07) is 10.0. The summed E-state index contributed by atoms with van der Waals surface area (Å²) >= 11 is 2.28. The lowest BCUT2D eigenvalue weighted by Crippen LogP contribution is -2.07. The monoisotopic (exact) mass is 304 g/mol. The van der Waals surface area contributed by atoms with Crippen LogP contribution in [-0.2, 0) is 9.53 Å². The van der Waals surface area contributed by atoms with Gasteiger partial charge in [0.25, 0.3) is 0 Å². The van der Waals surface area contributed by atoms with Gasteiger partial charge in [0.1, 0.15) is 6.61 Å². The maximum Gasteiger partial charge on any atom is 0.305 e. The van der Waals surface area contributed by atoms with Gasteiger partial charge in [-0.25, -0.2) is 0 Å². The molecule has 0 aliphatic heterocycles. The summed E-state index contributed by atoms with van der Waals surface area (Å²) in [5.41, 5.74) is 1.19. The zero-order chi connectivity index (χ0) is 10.4. The van der Waals surface area contributed by atoms with Crippen molar-refractivity contribution in [2.24, 2.45) is 0 Å². The highest BCUT2D eigenvalue weighted by atomic mass is 127. The summed E-state index contributed by atoms with van der Waals surface area (Å²) in [5.74, 6) is -0.136. The highest BCUT2D eigenvalue weighted by Crippen LogP contribution is 2.23. The quantitative estimate of drug-likeness (QED) is 0.485. The Morgan fingerprint density at radius 3 is 2.64 bits per heavy atom. The van der Waals surface area contributed by atoms with Gasteiger partial charge < -0.3 is 4.74 Å². The van der Waals surface area contributed by atoms with Gasteiger partial charge in [0, 0.05) is 6.42 Å². The number of ether oxygens (including phenoxy) is 1. The first-order valence-electron chi connectivity index (χ1n) is 4.58. The van der Waals surface area contributed by atoms with E-state index in [9.17, 15) is 4.79 Å². The lowest BCUT2D eigenvalue weighted by atomic mass is 10.2. The SMILES string of the molecule is CCC(=O)OCC(I)c1ccccc1. The van der Waals surface area contributed by atoms with Crippen LogP contribution >= 0.6 is 22.6 Å². The maximum atomic E-state index is 10.9. The van der Waals surface area contributed by atoms with E-state index in [-0.39, 0.29) is 9.89 Å². The van der Waals surface area contributed by atoms with Crippen molar-refractivity contribution < 1.29 is 9.53 Å². The molecule has 0 aliphatic carbocycles. The third-order valence-electron chi connectivity index (χ3n) is 1.84. The first-order chi connectivity index (χ1) is 6.74. The molecule has 0 fully saturated rings. The minimum atomic E-state index is -0.136. The van der Waals surface area contributed by atoms with Crippen molar-refractivity contribution in [3.63, 3.8) is 0 Å². The first kappa shape index (κ1) is 11.5. The van der Waals surface area contributed by atoms with E-state index < -0.39 is 0 Å². The standard InChI is InChI=1S/C11H13IO2/c1-2-11(13)14-8-10(12)9-6-4-3-5-7-9/h3-7,10H,2,8H2,1H3. The Bertz CT molecular complexity index is 285. The molecule has 0 heterocycles. The number of hydrogen-bond donors (Lipinski definition) is 0. The maximum absolute atomic E-state index is 10.9. The number of carbonyl (C=O) groups excluding carboxylic acids is 1. The topological polar surface area (TPSA) is 26.3 Å². The fraction of sp³-hybridized carbons (Fsp3) is 0.364. The normalized spacial score (nSPS) is 12.1. The molecule has 0 aliphatic rings. The zero-order valence-corrected chi connectivity index (χ0v) is 10.2. The number of alkyl halides is 1. The van der Waals surface area contributed by atoms with Crippen LogP contribution in [0.4, 0.5) is 0 Å². The van der Waals surface area contributed by atoms with Crippen LogP contribution in [-0.4, -0.2) is 12.6 Å². The lowest BCUT2D eigenvalue weighted by Gasteiger charge is -2.10. The number of halogens is 1. The Balaban J connectivity index is 2.43. The van der Waals surface area contributed by atoms with Gasteiger partial charge >= 0.3 is 5.97 Å². The number of rotatable bonds is 4. The summed E-state index contributed by atoms with van der Waals surface area (Å²) in [6.07, 6.45) is 0.443. The van der Waals surface area contributed by atoms with E-state index in [1.165, 1.54) is 5.56 Å². The molecular formula is C11H13IO2. The van der Waals surface area contributed by atoms with Gasteiger partial charge in [-0.3, -0.25) is 4.79 Å². The van der Waals surface area contributed by atoms with Crippen LogP contribution in [0.3, 0.4) is 0 Å². The Morgan fingerprint density at radius 1 is 1.43 bits per heavy atom. The van der Waals surface area contributed by atoms with Crippen LogP contribution in [0.15, 0.2) is 30.3 Å². The summed E-state index contributed by atoms with van der Waals surface area (Å²) in [6.45, 7) is 2.25. The third-order valence-corrected chi connectivity index (χ3v) is 2.92. The average molecular weight is 304 g/mol.